The summed E-state index contributed by atoms with van der Waals surface area (Å²) < 4.78 is 0. The lowest BCUT2D eigenvalue weighted by Gasteiger charge is -2.13. The Bertz CT molecular complexity index is 463. The van der Waals surface area contributed by atoms with E-state index in [9.17, 15) is 4.79 Å². The topological polar surface area (TPSA) is 78.9 Å². The Kier molecular flexibility index (Phi) is 5.19. The summed E-state index contributed by atoms with van der Waals surface area (Å²) in [5, 5.41) is 11.5. The first kappa shape index (κ1) is 14.0. The van der Waals surface area contributed by atoms with E-state index < -0.39 is 0 Å². The molecule has 4 nitrogen and oxygen atoms in total. The van der Waals surface area contributed by atoms with Crippen LogP contribution in [0.3, 0.4) is 0 Å². The number of nitrogens with one attached hydrogen (secondary N) is 1. The molecular formula is C14H19N3O. The van der Waals surface area contributed by atoms with Gasteiger partial charge in [-0.15, -0.1) is 0 Å². The molecular weight excluding hydrogens is 226 g/mol. The SMILES string of the molecule is CCCCC(C)C(=O)Nc1ccc(C#N)cc1N. The quantitative estimate of drug-likeness (QED) is 0.783. The average molecular weight is 245 g/mol. The molecule has 0 spiro atoms. The van der Waals surface area contributed by atoms with E-state index in [2.05, 4.69) is 12.2 Å². The number of carbonyl (C=O) groups is 1. The zero-order valence-electron chi connectivity index (χ0n) is 10.9. The first-order valence-corrected chi connectivity index (χ1v) is 6.19. The standard InChI is InChI=1S/C14H19N3O/c1-3-4-5-10(2)14(18)17-13-7-6-11(9-15)8-12(13)16/h6-8,10H,3-5,16H2,1-2H3,(H,17,18). The van der Waals surface area contributed by atoms with Gasteiger partial charge < -0.3 is 11.1 Å². The number of amides is 1. The molecule has 0 aliphatic rings. The highest BCUT2D eigenvalue weighted by Gasteiger charge is 2.13. The molecule has 0 radical (unpaired) electrons. The highest BCUT2D eigenvalue weighted by Crippen LogP contribution is 2.21. The number of anilines is 2. The van der Waals surface area contributed by atoms with Crippen molar-refractivity contribution < 1.29 is 4.79 Å². The Morgan fingerprint density at radius 3 is 2.83 bits per heavy atom. The lowest BCUT2D eigenvalue weighted by atomic mass is 10.0. The number of nitrogens with two attached hydrogens (primary N) is 1. The molecule has 1 rings (SSSR count). The zero-order valence-corrected chi connectivity index (χ0v) is 10.9. The molecule has 18 heavy (non-hydrogen) atoms. The van der Waals surface area contributed by atoms with Gasteiger partial charge >= 0.3 is 0 Å². The Hall–Kier alpha value is -2.02. The first-order chi connectivity index (χ1) is 8.58. The van der Waals surface area contributed by atoms with Crippen molar-refractivity contribution in [3.05, 3.63) is 23.8 Å². The average Bonchev–Trinajstić information content (AvgIpc) is 2.38. The van der Waals surface area contributed by atoms with Crippen LogP contribution in [0.15, 0.2) is 18.2 Å². The van der Waals surface area contributed by atoms with Crippen LogP contribution < -0.4 is 11.1 Å². The van der Waals surface area contributed by atoms with Gasteiger partial charge in [0, 0.05) is 5.92 Å². The minimum absolute atomic E-state index is 0.0278. The molecule has 4 heteroatoms. The maximum atomic E-state index is 11.9. The van der Waals surface area contributed by atoms with Gasteiger partial charge in [-0.2, -0.15) is 5.26 Å². The molecule has 0 aliphatic heterocycles. The summed E-state index contributed by atoms with van der Waals surface area (Å²) in [5.41, 5.74) is 7.26. The van der Waals surface area contributed by atoms with Crippen LogP contribution in [-0.4, -0.2) is 5.91 Å². The number of nitrogens with zero attached hydrogens (tertiary/aromatic N) is 1. The van der Waals surface area contributed by atoms with Crippen LogP contribution >= 0.6 is 0 Å². The molecule has 0 heterocycles. The number of hydrogen-bond donors (Lipinski definition) is 2. The van der Waals surface area contributed by atoms with Gasteiger partial charge in [-0.05, 0) is 24.6 Å². The van der Waals surface area contributed by atoms with E-state index in [0.717, 1.165) is 19.3 Å². The Balaban J connectivity index is 2.67. The molecule has 3 N–H and O–H groups in total. The fourth-order valence-corrected chi connectivity index (χ4v) is 1.64. The summed E-state index contributed by atoms with van der Waals surface area (Å²) in [6, 6.07) is 6.87. The highest BCUT2D eigenvalue weighted by atomic mass is 16.1. The maximum Gasteiger partial charge on any atom is 0.227 e. The van der Waals surface area contributed by atoms with Crippen molar-refractivity contribution in [1.29, 1.82) is 5.26 Å². The van der Waals surface area contributed by atoms with E-state index in [-0.39, 0.29) is 11.8 Å². The molecule has 96 valence electrons. The molecule has 0 aromatic heterocycles. The van der Waals surface area contributed by atoms with Crippen LogP contribution in [0.4, 0.5) is 11.4 Å². The zero-order chi connectivity index (χ0) is 13.5. The van der Waals surface area contributed by atoms with Crippen LogP contribution in [-0.2, 0) is 4.79 Å². The van der Waals surface area contributed by atoms with Crippen molar-refractivity contribution in [1.82, 2.24) is 0 Å². The van der Waals surface area contributed by atoms with E-state index in [0.29, 0.717) is 16.9 Å². The summed E-state index contributed by atoms with van der Waals surface area (Å²) in [5.74, 6) is -0.0557. The molecule has 1 unspecified atom stereocenters. The summed E-state index contributed by atoms with van der Waals surface area (Å²) >= 11 is 0. The minimum Gasteiger partial charge on any atom is -0.397 e. The van der Waals surface area contributed by atoms with Gasteiger partial charge in [-0.1, -0.05) is 26.7 Å². The Labute approximate surface area is 108 Å². The van der Waals surface area contributed by atoms with Crippen LogP contribution in [0, 0.1) is 17.2 Å². The summed E-state index contributed by atoms with van der Waals surface area (Å²) in [6.45, 7) is 4.01. The largest absolute Gasteiger partial charge is 0.397 e. The van der Waals surface area contributed by atoms with E-state index in [1.165, 1.54) is 0 Å². The number of hydrogen-bond acceptors (Lipinski definition) is 3. The third-order valence-corrected chi connectivity index (χ3v) is 2.88. The van der Waals surface area contributed by atoms with Crippen LogP contribution in [0.1, 0.15) is 38.7 Å². The predicted molar refractivity (Wildman–Crippen MR) is 72.9 cm³/mol. The van der Waals surface area contributed by atoms with E-state index in [1.807, 2.05) is 13.0 Å². The lowest BCUT2D eigenvalue weighted by Crippen LogP contribution is -2.21. The molecule has 0 fully saturated rings. The number of unbranched alkanes of at least 4 members (excludes halogenated alkanes) is 1. The van der Waals surface area contributed by atoms with Crippen molar-refractivity contribution in [2.75, 3.05) is 11.1 Å². The summed E-state index contributed by atoms with van der Waals surface area (Å²) in [7, 11) is 0. The van der Waals surface area contributed by atoms with Gasteiger partial charge in [-0.25, -0.2) is 0 Å². The van der Waals surface area contributed by atoms with Crippen LogP contribution in [0.25, 0.3) is 0 Å². The number of carbonyl (C=O) groups excluding carboxylic acids is 1. The molecule has 1 aromatic rings. The molecule has 1 aromatic carbocycles. The van der Waals surface area contributed by atoms with Crippen LogP contribution in [0.2, 0.25) is 0 Å². The van der Waals surface area contributed by atoms with E-state index in [4.69, 9.17) is 11.0 Å². The summed E-state index contributed by atoms with van der Waals surface area (Å²) in [4.78, 5) is 11.9. The molecule has 1 atom stereocenters. The van der Waals surface area contributed by atoms with Gasteiger partial charge in [-0.3, -0.25) is 4.79 Å². The fourth-order valence-electron chi connectivity index (χ4n) is 1.64. The van der Waals surface area contributed by atoms with Gasteiger partial charge in [0.2, 0.25) is 5.91 Å². The second kappa shape index (κ2) is 6.65. The van der Waals surface area contributed by atoms with Gasteiger partial charge in [0.1, 0.15) is 0 Å². The Morgan fingerprint density at radius 1 is 1.56 bits per heavy atom. The van der Waals surface area contributed by atoms with Gasteiger partial charge in [0.05, 0.1) is 23.0 Å². The van der Waals surface area contributed by atoms with E-state index >= 15 is 0 Å². The lowest BCUT2D eigenvalue weighted by molar-refractivity contribution is -0.119. The third kappa shape index (κ3) is 3.77. The molecule has 1 amide bonds. The van der Waals surface area contributed by atoms with Crippen molar-refractivity contribution in [3.63, 3.8) is 0 Å². The van der Waals surface area contributed by atoms with Gasteiger partial charge in [0.25, 0.3) is 0 Å². The van der Waals surface area contributed by atoms with Crippen LogP contribution in [0.5, 0.6) is 0 Å². The molecule has 0 bridgehead atoms. The number of benzene rings is 1. The number of rotatable bonds is 5. The molecule has 0 saturated heterocycles. The number of nitriles is 1. The fraction of sp³-hybridized carbons (Fsp3) is 0.429. The van der Waals surface area contributed by atoms with E-state index in [1.54, 1.807) is 18.2 Å². The molecule has 0 aliphatic carbocycles. The van der Waals surface area contributed by atoms with Crippen molar-refractivity contribution >= 4 is 17.3 Å². The van der Waals surface area contributed by atoms with Crippen molar-refractivity contribution in [2.24, 2.45) is 5.92 Å². The smallest absolute Gasteiger partial charge is 0.227 e. The Morgan fingerprint density at radius 2 is 2.28 bits per heavy atom. The van der Waals surface area contributed by atoms with Crippen molar-refractivity contribution in [3.8, 4) is 6.07 Å². The normalized spacial score (nSPS) is 11.6. The first-order valence-electron chi connectivity index (χ1n) is 6.19. The highest BCUT2D eigenvalue weighted by molar-refractivity contribution is 5.95. The minimum atomic E-state index is -0.0279. The van der Waals surface area contributed by atoms with Gasteiger partial charge in [0.15, 0.2) is 0 Å². The van der Waals surface area contributed by atoms with Crippen molar-refractivity contribution in [2.45, 2.75) is 33.1 Å². The predicted octanol–water partition coefficient (Wildman–Crippen LogP) is 2.91. The monoisotopic (exact) mass is 245 g/mol. The molecule has 0 saturated carbocycles. The maximum absolute atomic E-state index is 11.9. The summed E-state index contributed by atoms with van der Waals surface area (Å²) in [6.07, 6.45) is 2.99. The number of nitrogen functional groups attached to an aromatic ring is 1. The second-order valence-corrected chi connectivity index (χ2v) is 4.45. The second-order valence-electron chi connectivity index (χ2n) is 4.45. The third-order valence-electron chi connectivity index (χ3n) is 2.88.